The van der Waals surface area contributed by atoms with Crippen LogP contribution in [-0.4, -0.2) is 55.0 Å². The van der Waals surface area contributed by atoms with Crippen molar-refractivity contribution in [1.82, 2.24) is 9.62 Å². The number of nitrogens with zero attached hydrogens (tertiary/aromatic N) is 1. The van der Waals surface area contributed by atoms with Crippen molar-refractivity contribution in [2.24, 2.45) is 0 Å². The first-order valence-electron chi connectivity index (χ1n) is 8.63. The van der Waals surface area contributed by atoms with Gasteiger partial charge in [0, 0.05) is 18.7 Å². The fourth-order valence-corrected chi connectivity index (χ4v) is 4.20. The van der Waals surface area contributed by atoms with E-state index in [-0.39, 0.29) is 30.0 Å². The van der Waals surface area contributed by atoms with E-state index in [2.05, 4.69) is 4.72 Å². The largest absolute Gasteiger partial charge is 0.497 e. The summed E-state index contributed by atoms with van der Waals surface area (Å²) in [7, 11) is 2.85. The third-order valence-corrected chi connectivity index (χ3v) is 5.98. The van der Waals surface area contributed by atoms with Crippen molar-refractivity contribution < 1.29 is 27.4 Å². The molecule has 0 fully saturated rings. The molecule has 28 heavy (non-hydrogen) atoms. The summed E-state index contributed by atoms with van der Waals surface area (Å²) >= 11 is 0. The van der Waals surface area contributed by atoms with Crippen molar-refractivity contribution in [3.05, 3.63) is 42.0 Å². The molecule has 1 aliphatic heterocycles. The van der Waals surface area contributed by atoms with Crippen LogP contribution in [0.2, 0.25) is 0 Å². The minimum absolute atomic E-state index is 0.0255. The van der Waals surface area contributed by atoms with E-state index in [0.29, 0.717) is 17.2 Å². The standard InChI is InChI=1S/C19H24N2O6S/c1-21(2)15(13-5-7-16-18(9-13)27-12-26-16)11-20-28(22,23)19-10-14(24-3)6-8-17(19)25-4/h5-10,15,20H,11-12H2,1-4H3/t15-/m0/s1. The normalized spacial score (nSPS) is 14.2. The van der Waals surface area contributed by atoms with Crippen molar-refractivity contribution in [1.29, 1.82) is 0 Å². The molecule has 2 aromatic carbocycles. The number of fused-ring (bicyclic) bond motifs is 1. The Hall–Kier alpha value is -2.49. The van der Waals surface area contributed by atoms with Crippen LogP contribution >= 0.6 is 0 Å². The molecule has 1 heterocycles. The predicted octanol–water partition coefficient (Wildman–Crippen LogP) is 2.01. The monoisotopic (exact) mass is 408 g/mol. The molecule has 0 spiro atoms. The Morgan fingerprint density at radius 1 is 1.07 bits per heavy atom. The number of hydrogen-bond acceptors (Lipinski definition) is 7. The van der Waals surface area contributed by atoms with Crippen LogP contribution < -0.4 is 23.7 Å². The van der Waals surface area contributed by atoms with Gasteiger partial charge in [0.25, 0.3) is 0 Å². The van der Waals surface area contributed by atoms with E-state index in [1.165, 1.54) is 20.3 Å². The lowest BCUT2D eigenvalue weighted by atomic mass is 10.1. The predicted molar refractivity (Wildman–Crippen MR) is 104 cm³/mol. The van der Waals surface area contributed by atoms with Crippen LogP contribution in [0.4, 0.5) is 0 Å². The molecule has 1 N–H and O–H groups in total. The third-order valence-electron chi connectivity index (χ3n) is 4.53. The lowest BCUT2D eigenvalue weighted by Crippen LogP contribution is -2.34. The van der Waals surface area contributed by atoms with E-state index in [1.54, 1.807) is 12.1 Å². The van der Waals surface area contributed by atoms with Gasteiger partial charge >= 0.3 is 0 Å². The van der Waals surface area contributed by atoms with Gasteiger partial charge in [-0.3, -0.25) is 0 Å². The van der Waals surface area contributed by atoms with E-state index in [4.69, 9.17) is 18.9 Å². The molecule has 0 aromatic heterocycles. The van der Waals surface area contributed by atoms with Gasteiger partial charge in [-0.15, -0.1) is 0 Å². The fourth-order valence-electron chi connectivity index (χ4n) is 2.98. The maximum atomic E-state index is 12.9. The van der Waals surface area contributed by atoms with Crippen molar-refractivity contribution in [3.8, 4) is 23.0 Å². The van der Waals surface area contributed by atoms with E-state index in [9.17, 15) is 8.42 Å². The van der Waals surface area contributed by atoms with Crippen molar-refractivity contribution >= 4 is 10.0 Å². The molecule has 152 valence electrons. The van der Waals surface area contributed by atoms with Gasteiger partial charge in [-0.25, -0.2) is 13.1 Å². The topological polar surface area (TPSA) is 86.3 Å². The Labute approximate surface area is 165 Å². The SMILES string of the molecule is COc1ccc(OC)c(S(=O)(=O)NC[C@@H](c2ccc3c(c2)OCO3)N(C)C)c1. The van der Waals surface area contributed by atoms with Gasteiger partial charge in [0.15, 0.2) is 11.5 Å². The Bertz CT molecular complexity index is 945. The molecule has 3 rings (SSSR count). The van der Waals surface area contributed by atoms with Gasteiger partial charge in [0.05, 0.1) is 14.2 Å². The van der Waals surface area contributed by atoms with Crippen LogP contribution in [0.1, 0.15) is 11.6 Å². The number of benzene rings is 2. The molecule has 0 saturated heterocycles. The molecule has 1 aliphatic rings. The molecular weight excluding hydrogens is 384 g/mol. The van der Waals surface area contributed by atoms with E-state index in [1.807, 2.05) is 37.2 Å². The van der Waals surface area contributed by atoms with Gasteiger partial charge in [0.2, 0.25) is 16.8 Å². The number of methoxy groups -OCH3 is 2. The minimum Gasteiger partial charge on any atom is -0.497 e. The van der Waals surface area contributed by atoms with Gasteiger partial charge < -0.3 is 23.8 Å². The van der Waals surface area contributed by atoms with E-state index >= 15 is 0 Å². The smallest absolute Gasteiger partial charge is 0.244 e. The maximum Gasteiger partial charge on any atom is 0.244 e. The van der Waals surface area contributed by atoms with Crippen LogP contribution in [0, 0.1) is 0 Å². The molecule has 0 unspecified atom stereocenters. The van der Waals surface area contributed by atoms with Crippen LogP contribution in [0.15, 0.2) is 41.3 Å². The van der Waals surface area contributed by atoms with Crippen LogP contribution in [-0.2, 0) is 10.0 Å². The first kappa shape index (κ1) is 20.2. The number of hydrogen-bond donors (Lipinski definition) is 1. The van der Waals surface area contributed by atoms with Crippen LogP contribution in [0.25, 0.3) is 0 Å². The Balaban J connectivity index is 1.84. The first-order valence-corrected chi connectivity index (χ1v) is 10.1. The fraction of sp³-hybridized carbons (Fsp3) is 0.368. The zero-order chi connectivity index (χ0) is 20.3. The Morgan fingerprint density at radius 2 is 1.82 bits per heavy atom. The first-order chi connectivity index (χ1) is 13.4. The average molecular weight is 408 g/mol. The van der Waals surface area contributed by atoms with E-state index < -0.39 is 10.0 Å². The molecule has 0 bridgehead atoms. The molecule has 2 aromatic rings. The lowest BCUT2D eigenvalue weighted by molar-refractivity contribution is 0.174. The maximum absolute atomic E-state index is 12.9. The summed E-state index contributed by atoms with van der Waals surface area (Å²) < 4.78 is 49.6. The van der Waals surface area contributed by atoms with Gasteiger partial charge in [-0.1, -0.05) is 6.07 Å². The highest BCUT2D eigenvalue weighted by atomic mass is 32.2. The van der Waals surface area contributed by atoms with Crippen molar-refractivity contribution in [3.63, 3.8) is 0 Å². The Kier molecular flexibility index (Phi) is 5.97. The molecule has 8 nitrogen and oxygen atoms in total. The lowest BCUT2D eigenvalue weighted by Gasteiger charge is -2.25. The van der Waals surface area contributed by atoms with Gasteiger partial charge in [-0.2, -0.15) is 0 Å². The molecule has 0 aliphatic carbocycles. The third kappa shape index (κ3) is 4.16. The number of rotatable bonds is 8. The number of ether oxygens (including phenoxy) is 4. The summed E-state index contributed by atoms with van der Waals surface area (Å²) in [6.45, 7) is 0.350. The second-order valence-electron chi connectivity index (χ2n) is 6.46. The summed E-state index contributed by atoms with van der Waals surface area (Å²) in [6, 6.07) is 10.0. The second kappa shape index (κ2) is 8.26. The molecule has 0 amide bonds. The van der Waals surface area contributed by atoms with Gasteiger partial charge in [-0.05, 0) is 43.9 Å². The highest BCUT2D eigenvalue weighted by Gasteiger charge is 2.25. The van der Waals surface area contributed by atoms with Crippen LogP contribution in [0.3, 0.4) is 0 Å². The van der Waals surface area contributed by atoms with Gasteiger partial charge in [0.1, 0.15) is 16.4 Å². The second-order valence-corrected chi connectivity index (χ2v) is 8.20. The molecular formula is C19H24N2O6S. The molecule has 1 atom stereocenters. The van der Waals surface area contributed by atoms with E-state index in [0.717, 1.165) is 5.56 Å². The zero-order valence-corrected chi connectivity index (χ0v) is 17.1. The summed E-state index contributed by atoms with van der Waals surface area (Å²) in [5.41, 5.74) is 0.912. The van der Waals surface area contributed by atoms with Crippen LogP contribution in [0.5, 0.6) is 23.0 Å². The average Bonchev–Trinajstić information content (AvgIpc) is 3.15. The highest BCUT2D eigenvalue weighted by molar-refractivity contribution is 7.89. The number of sulfonamides is 1. The highest BCUT2D eigenvalue weighted by Crippen LogP contribution is 2.35. The summed E-state index contributed by atoms with van der Waals surface area (Å²) in [4.78, 5) is 1.96. The molecule has 9 heteroatoms. The Morgan fingerprint density at radius 3 is 2.50 bits per heavy atom. The summed E-state index contributed by atoms with van der Waals surface area (Å²) in [5.74, 6) is 2.02. The molecule has 0 saturated carbocycles. The van der Waals surface area contributed by atoms with Crippen molar-refractivity contribution in [2.45, 2.75) is 10.9 Å². The number of nitrogens with one attached hydrogen (secondary N) is 1. The minimum atomic E-state index is -3.82. The zero-order valence-electron chi connectivity index (χ0n) is 16.3. The molecule has 0 radical (unpaired) electrons. The summed E-state index contributed by atoms with van der Waals surface area (Å²) in [5, 5.41) is 0. The van der Waals surface area contributed by atoms with Crippen molar-refractivity contribution in [2.75, 3.05) is 41.7 Å². The quantitative estimate of drug-likeness (QED) is 0.715. The summed E-state index contributed by atoms with van der Waals surface area (Å²) in [6.07, 6.45) is 0. The number of likely N-dealkylation sites (N-methyl/N-ethyl adjacent to an activating group) is 1.